The Labute approximate surface area is 108 Å². The zero-order valence-electron chi connectivity index (χ0n) is 10.7. The Balaban J connectivity index is 1.79. The van der Waals surface area contributed by atoms with E-state index < -0.39 is 0 Å². The quantitative estimate of drug-likeness (QED) is 0.724. The molecule has 2 rings (SSSR count). The van der Waals surface area contributed by atoms with Gasteiger partial charge in [0.25, 0.3) is 0 Å². The first-order valence-electron chi connectivity index (χ1n) is 6.56. The van der Waals surface area contributed by atoms with E-state index in [1.165, 1.54) is 5.56 Å². The van der Waals surface area contributed by atoms with Crippen LogP contribution in [-0.2, 0) is 17.6 Å². The van der Waals surface area contributed by atoms with Crippen molar-refractivity contribution >= 4 is 5.91 Å². The predicted molar refractivity (Wildman–Crippen MR) is 70.1 cm³/mol. The first-order chi connectivity index (χ1) is 8.67. The Morgan fingerprint density at radius 2 is 1.94 bits per heavy atom. The second-order valence-corrected chi connectivity index (χ2v) is 4.95. The lowest BCUT2D eigenvalue weighted by Crippen LogP contribution is -3.18. The summed E-state index contributed by atoms with van der Waals surface area (Å²) in [6.07, 6.45) is 2.61. The Morgan fingerprint density at radius 1 is 1.33 bits per heavy atom. The van der Waals surface area contributed by atoms with Crippen LogP contribution < -0.4 is 10.4 Å². The number of carbonyl (C=O) groups is 1. The lowest BCUT2D eigenvalue weighted by Gasteiger charge is -2.38. The number of benzene rings is 1. The van der Waals surface area contributed by atoms with Gasteiger partial charge in [-0.1, -0.05) is 37.6 Å². The molecule has 1 saturated heterocycles. The van der Waals surface area contributed by atoms with Crippen molar-refractivity contribution in [1.29, 1.82) is 0 Å². The summed E-state index contributed by atoms with van der Waals surface area (Å²) in [7, 11) is 0. The maximum atomic E-state index is 11.7. The van der Waals surface area contributed by atoms with Gasteiger partial charge in [-0.05, 0) is 17.5 Å². The Hall–Kier alpha value is -1.39. The van der Waals surface area contributed by atoms with Crippen molar-refractivity contribution in [3.63, 3.8) is 0 Å². The number of quaternary nitrogens is 1. The average Bonchev–Trinajstić information content (AvgIpc) is 2.30. The number of hydrogen-bond acceptors (Lipinski definition) is 2. The molecule has 18 heavy (non-hydrogen) atoms. The molecule has 4 heteroatoms. The number of carbonyl (C=O) groups excluding carboxylic acids is 1. The van der Waals surface area contributed by atoms with Crippen molar-refractivity contribution in [2.24, 2.45) is 0 Å². The van der Waals surface area contributed by atoms with Crippen molar-refractivity contribution in [3.05, 3.63) is 40.6 Å². The molecule has 0 aliphatic carbocycles. The molecule has 0 saturated carbocycles. The minimum Gasteiger partial charge on any atom is -0.634 e. The highest BCUT2D eigenvalue weighted by molar-refractivity contribution is 5.78. The molecule has 0 atom stereocenters. The maximum Gasteiger partial charge on any atom is 0.225 e. The molecule has 0 bridgehead atoms. The van der Waals surface area contributed by atoms with E-state index in [1.54, 1.807) is 0 Å². The Kier molecular flexibility index (Phi) is 4.33. The molecule has 1 aliphatic heterocycles. The molecule has 0 spiro atoms. The zero-order chi connectivity index (χ0) is 13.0. The van der Waals surface area contributed by atoms with E-state index in [4.69, 9.17) is 0 Å². The van der Waals surface area contributed by atoms with Crippen LogP contribution in [0.1, 0.15) is 24.5 Å². The number of amides is 1. The van der Waals surface area contributed by atoms with E-state index in [0.29, 0.717) is 19.5 Å². The lowest BCUT2D eigenvalue weighted by molar-refractivity contribution is -0.893. The average molecular weight is 248 g/mol. The highest BCUT2D eigenvalue weighted by Crippen LogP contribution is 2.07. The molecule has 4 nitrogen and oxygen atoms in total. The van der Waals surface area contributed by atoms with Crippen LogP contribution in [0.3, 0.4) is 0 Å². The summed E-state index contributed by atoms with van der Waals surface area (Å²) < 4.78 is 0. The third-order valence-corrected chi connectivity index (χ3v) is 3.24. The lowest BCUT2D eigenvalue weighted by atomic mass is 10.1. The van der Waals surface area contributed by atoms with Gasteiger partial charge in [0.1, 0.15) is 19.1 Å². The van der Waals surface area contributed by atoms with Gasteiger partial charge in [0.05, 0.1) is 6.42 Å². The molecule has 0 radical (unpaired) electrons. The third kappa shape index (κ3) is 3.55. The van der Waals surface area contributed by atoms with Crippen LogP contribution in [0.5, 0.6) is 0 Å². The van der Waals surface area contributed by atoms with Gasteiger partial charge in [-0.25, -0.2) is 0 Å². The van der Waals surface area contributed by atoms with Crippen molar-refractivity contribution < 1.29 is 9.86 Å². The van der Waals surface area contributed by atoms with Crippen LogP contribution in [0.2, 0.25) is 0 Å². The summed E-state index contributed by atoms with van der Waals surface area (Å²) in [5.41, 5.74) is 2.34. The van der Waals surface area contributed by atoms with Crippen LogP contribution in [0.15, 0.2) is 24.3 Å². The van der Waals surface area contributed by atoms with E-state index in [2.05, 4.69) is 24.4 Å². The van der Waals surface area contributed by atoms with Crippen molar-refractivity contribution in [2.75, 3.05) is 13.1 Å². The monoisotopic (exact) mass is 248 g/mol. The van der Waals surface area contributed by atoms with E-state index in [0.717, 1.165) is 18.4 Å². The first-order valence-corrected chi connectivity index (χ1v) is 6.56. The van der Waals surface area contributed by atoms with Crippen LogP contribution in [0, 0.1) is 5.21 Å². The minimum absolute atomic E-state index is 0.00995. The van der Waals surface area contributed by atoms with Gasteiger partial charge in [0.15, 0.2) is 0 Å². The second kappa shape index (κ2) is 5.98. The fraction of sp³-hybridized carbons (Fsp3) is 0.500. The molecule has 1 fully saturated rings. The third-order valence-electron chi connectivity index (χ3n) is 3.24. The Morgan fingerprint density at radius 3 is 2.50 bits per heavy atom. The molecule has 0 aromatic heterocycles. The molecule has 1 amide bonds. The SMILES string of the molecule is CCCc1ccc(CC(=O)NC2C[NH+]([O-])C2)cc1. The molecule has 2 N–H and O–H groups in total. The van der Waals surface area contributed by atoms with Crippen LogP contribution >= 0.6 is 0 Å². The maximum absolute atomic E-state index is 11.7. The summed E-state index contributed by atoms with van der Waals surface area (Å²) in [6.45, 7) is 3.16. The molecular formula is C14H20N2O2. The van der Waals surface area contributed by atoms with E-state index in [-0.39, 0.29) is 17.0 Å². The standard InChI is InChI=1S/C14H20N2O2/c1-2-3-11-4-6-12(7-5-11)8-14(17)15-13-9-16(18)10-13/h4-7,13,16H,2-3,8-10H2,1H3,(H,15,17). The number of hydroxylamine groups is 2. The molecule has 98 valence electrons. The van der Waals surface area contributed by atoms with Crippen LogP contribution in [0.4, 0.5) is 0 Å². The van der Waals surface area contributed by atoms with Crippen LogP contribution in [-0.4, -0.2) is 25.0 Å². The van der Waals surface area contributed by atoms with E-state index >= 15 is 0 Å². The summed E-state index contributed by atoms with van der Waals surface area (Å²) in [4.78, 5) is 11.7. The molecule has 1 aliphatic rings. The first kappa shape index (κ1) is 13.1. The number of aryl methyl sites for hydroxylation is 1. The normalized spacial score (nSPS) is 22.3. The van der Waals surface area contributed by atoms with Gasteiger partial charge in [-0.3, -0.25) is 4.79 Å². The fourth-order valence-electron chi connectivity index (χ4n) is 2.17. The van der Waals surface area contributed by atoms with Crippen molar-refractivity contribution in [2.45, 2.75) is 32.2 Å². The summed E-state index contributed by atoms with van der Waals surface area (Å²) in [5, 5.41) is 13.9. The topological polar surface area (TPSA) is 56.6 Å². The second-order valence-electron chi connectivity index (χ2n) is 4.95. The molecule has 0 unspecified atom stereocenters. The number of hydrogen-bond donors (Lipinski definition) is 2. The van der Waals surface area contributed by atoms with Gasteiger partial charge in [0, 0.05) is 0 Å². The highest BCUT2D eigenvalue weighted by atomic mass is 16.5. The van der Waals surface area contributed by atoms with Gasteiger partial charge in [-0.2, -0.15) is 0 Å². The summed E-state index contributed by atoms with van der Waals surface area (Å²) in [6, 6.07) is 8.26. The molecule has 1 aromatic rings. The van der Waals surface area contributed by atoms with E-state index in [9.17, 15) is 10.0 Å². The zero-order valence-corrected chi connectivity index (χ0v) is 10.7. The van der Waals surface area contributed by atoms with Gasteiger partial charge >= 0.3 is 0 Å². The molecule has 1 aromatic carbocycles. The van der Waals surface area contributed by atoms with E-state index in [1.807, 2.05) is 12.1 Å². The predicted octanol–water partition coefficient (Wildman–Crippen LogP) is 0.0627. The summed E-state index contributed by atoms with van der Waals surface area (Å²) in [5.74, 6) is 0.00995. The summed E-state index contributed by atoms with van der Waals surface area (Å²) >= 11 is 0. The van der Waals surface area contributed by atoms with Gasteiger partial charge in [0.2, 0.25) is 5.91 Å². The van der Waals surface area contributed by atoms with Crippen molar-refractivity contribution in [1.82, 2.24) is 5.32 Å². The molecule has 1 heterocycles. The number of rotatable bonds is 5. The highest BCUT2D eigenvalue weighted by Gasteiger charge is 2.26. The minimum atomic E-state index is 0.00995. The fourth-order valence-corrected chi connectivity index (χ4v) is 2.17. The molecular weight excluding hydrogens is 228 g/mol. The Bertz CT molecular complexity index is 397. The van der Waals surface area contributed by atoms with Gasteiger partial charge in [-0.15, -0.1) is 0 Å². The number of nitrogens with one attached hydrogen (secondary N) is 2. The van der Waals surface area contributed by atoms with Crippen LogP contribution in [0.25, 0.3) is 0 Å². The van der Waals surface area contributed by atoms with Gasteiger partial charge < -0.3 is 15.6 Å². The largest absolute Gasteiger partial charge is 0.634 e. The van der Waals surface area contributed by atoms with Crippen molar-refractivity contribution in [3.8, 4) is 0 Å². The smallest absolute Gasteiger partial charge is 0.225 e.